The van der Waals surface area contributed by atoms with Crippen molar-refractivity contribution in [2.75, 3.05) is 0 Å². The number of aliphatic hydroxyl groups is 1. The minimum absolute atomic E-state index is 0.325. The number of nitriles is 1. The Balaban J connectivity index is 2.48. The zero-order valence-corrected chi connectivity index (χ0v) is 11.6. The normalized spacial score (nSPS) is 18.6. The number of carboxylic acid groups (broad SMARTS) is 1. The molecule has 1 aliphatic rings. The van der Waals surface area contributed by atoms with Gasteiger partial charge in [-0.05, 0) is 25.3 Å². The number of hydrogen-bond donors (Lipinski definition) is 2. The minimum Gasteiger partial charge on any atom is -0.478 e. The van der Waals surface area contributed by atoms with Crippen LogP contribution in [0, 0.1) is 28.6 Å². The molecule has 1 aromatic carbocycles. The maximum atomic E-state index is 11.0. The van der Waals surface area contributed by atoms with Crippen LogP contribution >= 0.6 is 0 Å². The zero-order chi connectivity index (χ0) is 15.5. The van der Waals surface area contributed by atoms with Gasteiger partial charge < -0.3 is 10.2 Å². The smallest absolute Gasteiger partial charge is 0.329 e. The molecule has 1 aromatic rings. The maximum absolute atomic E-state index is 11.0. The van der Waals surface area contributed by atoms with E-state index in [-0.39, 0.29) is 0 Å². The van der Waals surface area contributed by atoms with Crippen molar-refractivity contribution in [3.8, 4) is 17.9 Å². The van der Waals surface area contributed by atoms with E-state index in [1.807, 2.05) is 6.07 Å². The first-order valence-corrected chi connectivity index (χ1v) is 6.57. The lowest BCUT2D eigenvalue weighted by Crippen LogP contribution is -2.34. The third kappa shape index (κ3) is 2.81. The number of benzene rings is 1. The molecule has 1 saturated carbocycles. The number of carbonyl (C=O) groups is 1. The molecule has 1 aliphatic carbocycles. The first kappa shape index (κ1) is 14.8. The van der Waals surface area contributed by atoms with Crippen LogP contribution in [0.4, 0.5) is 0 Å². The zero-order valence-electron chi connectivity index (χ0n) is 11.6. The van der Waals surface area contributed by atoms with E-state index < -0.39 is 17.0 Å². The van der Waals surface area contributed by atoms with Gasteiger partial charge in [-0.25, -0.2) is 4.79 Å². The van der Waals surface area contributed by atoms with Crippen LogP contribution in [-0.4, -0.2) is 16.2 Å². The van der Waals surface area contributed by atoms with Crippen molar-refractivity contribution >= 4 is 5.97 Å². The first-order chi connectivity index (χ1) is 9.93. The van der Waals surface area contributed by atoms with Gasteiger partial charge >= 0.3 is 5.97 Å². The number of nitrogens with zero attached hydrogens (tertiary/aromatic N) is 1. The van der Waals surface area contributed by atoms with E-state index in [0.29, 0.717) is 24.0 Å². The lowest BCUT2D eigenvalue weighted by Gasteiger charge is -2.27. The van der Waals surface area contributed by atoms with Crippen LogP contribution in [-0.2, 0) is 10.4 Å². The second kappa shape index (κ2) is 5.44. The Morgan fingerprint density at radius 3 is 2.48 bits per heavy atom. The predicted octanol–water partition coefficient (Wildman–Crippen LogP) is 2.21. The Bertz CT molecular complexity index is 684. The number of hydrogen-bond acceptors (Lipinski definition) is 3. The van der Waals surface area contributed by atoms with Crippen LogP contribution < -0.4 is 0 Å². The Morgan fingerprint density at radius 2 is 2.00 bits per heavy atom. The fourth-order valence-electron chi connectivity index (χ4n) is 2.24. The Labute approximate surface area is 123 Å². The largest absolute Gasteiger partial charge is 0.478 e. The molecule has 0 unspecified atom stereocenters. The molecular formula is C17H15NO3. The van der Waals surface area contributed by atoms with Crippen LogP contribution in [0.5, 0.6) is 0 Å². The molecule has 0 bridgehead atoms. The van der Waals surface area contributed by atoms with Gasteiger partial charge in [0.1, 0.15) is 5.41 Å². The molecule has 4 heteroatoms. The van der Waals surface area contributed by atoms with Crippen LogP contribution in [0.2, 0.25) is 0 Å². The highest BCUT2D eigenvalue weighted by Crippen LogP contribution is 2.57. The van der Waals surface area contributed by atoms with Crippen LogP contribution in [0.3, 0.4) is 0 Å². The summed E-state index contributed by atoms with van der Waals surface area (Å²) in [6, 6.07) is 11.0. The van der Waals surface area contributed by atoms with E-state index >= 15 is 0 Å². The third-order valence-electron chi connectivity index (χ3n) is 3.63. The molecule has 1 fully saturated rings. The Kier molecular flexibility index (Phi) is 3.84. The summed E-state index contributed by atoms with van der Waals surface area (Å²) in [6.45, 7) is 1.55. The summed E-state index contributed by atoms with van der Waals surface area (Å²) in [6.07, 6.45) is 2.13. The van der Waals surface area contributed by atoms with Crippen molar-refractivity contribution in [2.45, 2.75) is 25.4 Å². The van der Waals surface area contributed by atoms with Crippen molar-refractivity contribution in [3.05, 3.63) is 47.5 Å². The number of aliphatic carboxylic acids is 1. The Hall–Kier alpha value is -2.56. The second-order valence-electron chi connectivity index (χ2n) is 5.19. The summed E-state index contributed by atoms with van der Waals surface area (Å²) in [5, 5.41) is 29.1. The fraction of sp³-hybridized carbons (Fsp3) is 0.294. The summed E-state index contributed by atoms with van der Waals surface area (Å²) in [5.41, 5.74) is -1.62. The summed E-state index contributed by atoms with van der Waals surface area (Å²) < 4.78 is 0. The highest BCUT2D eigenvalue weighted by molar-refractivity contribution is 5.81. The van der Waals surface area contributed by atoms with Gasteiger partial charge in [-0.1, -0.05) is 42.2 Å². The molecule has 106 valence electrons. The molecule has 0 saturated heterocycles. The summed E-state index contributed by atoms with van der Waals surface area (Å²) in [5.74, 6) is 4.29. The molecule has 0 heterocycles. The predicted molar refractivity (Wildman–Crippen MR) is 76.8 cm³/mol. The molecule has 21 heavy (non-hydrogen) atoms. The van der Waals surface area contributed by atoms with Crippen molar-refractivity contribution in [3.63, 3.8) is 0 Å². The van der Waals surface area contributed by atoms with Crippen molar-refractivity contribution in [1.82, 2.24) is 0 Å². The SMILES string of the molecule is C/C(C#C[C@](O)(c1ccccc1)C1(C#N)CC1)=C/C(=O)O. The van der Waals surface area contributed by atoms with Crippen molar-refractivity contribution in [2.24, 2.45) is 5.41 Å². The lowest BCUT2D eigenvalue weighted by atomic mass is 9.79. The van der Waals surface area contributed by atoms with Crippen molar-refractivity contribution < 1.29 is 15.0 Å². The molecule has 0 aliphatic heterocycles. The van der Waals surface area contributed by atoms with Crippen molar-refractivity contribution in [1.29, 1.82) is 5.26 Å². The van der Waals surface area contributed by atoms with Gasteiger partial charge in [-0.3, -0.25) is 0 Å². The standard InChI is InChI=1S/C17H15NO3/c1-13(11-15(19)20)7-8-17(21,16(12-18)9-10-16)14-5-3-2-4-6-14/h2-6,11,21H,9-10H2,1H3,(H,19,20)/b13-11-/t17-/m0/s1. The molecule has 2 rings (SSSR count). The van der Waals surface area contributed by atoms with Gasteiger partial charge in [-0.15, -0.1) is 0 Å². The number of carboxylic acids is 1. The molecule has 2 N–H and O–H groups in total. The van der Waals surface area contributed by atoms with E-state index in [1.165, 1.54) is 0 Å². The van der Waals surface area contributed by atoms with Gasteiger partial charge in [-0.2, -0.15) is 5.26 Å². The van der Waals surface area contributed by atoms with Gasteiger partial charge in [0.25, 0.3) is 0 Å². The summed E-state index contributed by atoms with van der Waals surface area (Å²) in [7, 11) is 0. The molecule has 4 nitrogen and oxygen atoms in total. The van der Waals surface area contributed by atoms with Crippen LogP contribution in [0.25, 0.3) is 0 Å². The van der Waals surface area contributed by atoms with Crippen LogP contribution in [0.1, 0.15) is 25.3 Å². The fourth-order valence-corrected chi connectivity index (χ4v) is 2.24. The molecule has 0 radical (unpaired) electrons. The molecule has 0 amide bonds. The molecule has 1 atom stereocenters. The van der Waals surface area contributed by atoms with E-state index in [2.05, 4.69) is 17.9 Å². The summed E-state index contributed by atoms with van der Waals surface area (Å²) in [4.78, 5) is 10.6. The van der Waals surface area contributed by atoms with E-state index in [1.54, 1.807) is 31.2 Å². The van der Waals surface area contributed by atoms with Crippen LogP contribution in [0.15, 0.2) is 42.0 Å². The topological polar surface area (TPSA) is 81.3 Å². The summed E-state index contributed by atoms with van der Waals surface area (Å²) >= 11 is 0. The number of allylic oxidation sites excluding steroid dienone is 1. The quantitative estimate of drug-likeness (QED) is 0.657. The van der Waals surface area contributed by atoms with Gasteiger partial charge in [0.15, 0.2) is 5.60 Å². The Morgan fingerprint density at radius 1 is 1.38 bits per heavy atom. The van der Waals surface area contributed by atoms with Gasteiger partial charge in [0, 0.05) is 11.6 Å². The van der Waals surface area contributed by atoms with Gasteiger partial charge in [0.05, 0.1) is 6.07 Å². The van der Waals surface area contributed by atoms with E-state index in [9.17, 15) is 15.2 Å². The van der Waals surface area contributed by atoms with Gasteiger partial charge in [0.2, 0.25) is 0 Å². The molecule has 0 aromatic heterocycles. The van der Waals surface area contributed by atoms with E-state index in [0.717, 1.165) is 6.08 Å². The van der Waals surface area contributed by atoms with E-state index in [4.69, 9.17) is 5.11 Å². The highest BCUT2D eigenvalue weighted by Gasteiger charge is 2.60. The monoisotopic (exact) mass is 281 g/mol. The minimum atomic E-state index is -1.59. The average Bonchev–Trinajstić information content (AvgIpc) is 3.26. The second-order valence-corrected chi connectivity index (χ2v) is 5.19. The molecule has 0 spiro atoms. The lowest BCUT2D eigenvalue weighted by molar-refractivity contribution is -0.131. The first-order valence-electron chi connectivity index (χ1n) is 6.57. The third-order valence-corrected chi connectivity index (χ3v) is 3.63. The maximum Gasteiger partial charge on any atom is 0.329 e. The number of rotatable bonds is 3. The molecular weight excluding hydrogens is 266 g/mol. The average molecular weight is 281 g/mol. The highest BCUT2D eigenvalue weighted by atomic mass is 16.4.